The number of amides is 1. The van der Waals surface area contributed by atoms with Crippen LogP contribution in [0, 0.1) is 6.92 Å². The predicted molar refractivity (Wildman–Crippen MR) is 70.7 cm³/mol. The fourth-order valence-electron chi connectivity index (χ4n) is 1.65. The molecule has 0 radical (unpaired) electrons. The summed E-state index contributed by atoms with van der Waals surface area (Å²) in [5.74, 6) is -1.12. The average molecular weight is 265 g/mol. The van der Waals surface area contributed by atoms with E-state index < -0.39 is 5.97 Å². The number of methoxy groups -OCH3 is 1. The summed E-state index contributed by atoms with van der Waals surface area (Å²) in [6.07, 6.45) is -0.0681. The summed E-state index contributed by atoms with van der Waals surface area (Å²) in [6, 6.07) is 7.80. The lowest BCUT2D eigenvalue weighted by Gasteiger charge is -2.21. The Kier molecular flexibility index (Phi) is 6.02. The first-order valence-electron chi connectivity index (χ1n) is 6.07. The SMILES string of the molecule is COCC(=O)N(CCC(=O)O)Cc1ccc(C)cc1. The highest BCUT2D eigenvalue weighted by Gasteiger charge is 2.14. The Morgan fingerprint density at radius 1 is 1.26 bits per heavy atom. The largest absolute Gasteiger partial charge is 0.481 e. The van der Waals surface area contributed by atoms with Gasteiger partial charge < -0.3 is 14.7 Å². The van der Waals surface area contributed by atoms with Crippen molar-refractivity contribution in [2.75, 3.05) is 20.3 Å². The third kappa shape index (κ3) is 5.52. The molecule has 0 aromatic heterocycles. The smallest absolute Gasteiger partial charge is 0.305 e. The Balaban J connectivity index is 2.69. The Hall–Kier alpha value is -1.88. The van der Waals surface area contributed by atoms with Gasteiger partial charge in [-0.15, -0.1) is 0 Å². The first-order chi connectivity index (χ1) is 9.02. The summed E-state index contributed by atoms with van der Waals surface area (Å²) in [5.41, 5.74) is 2.12. The number of aliphatic carboxylic acids is 1. The lowest BCUT2D eigenvalue weighted by atomic mass is 10.1. The maximum atomic E-state index is 11.8. The molecule has 1 aromatic carbocycles. The summed E-state index contributed by atoms with van der Waals surface area (Å²) in [5, 5.41) is 8.71. The molecular formula is C14H19NO4. The fraction of sp³-hybridized carbons (Fsp3) is 0.429. The second kappa shape index (κ2) is 7.53. The average Bonchev–Trinajstić information content (AvgIpc) is 2.36. The van der Waals surface area contributed by atoms with E-state index in [4.69, 9.17) is 9.84 Å². The molecule has 0 saturated heterocycles. The van der Waals surface area contributed by atoms with Crippen molar-refractivity contribution in [2.24, 2.45) is 0 Å². The van der Waals surface area contributed by atoms with E-state index in [2.05, 4.69) is 0 Å². The number of ether oxygens (including phenoxy) is 1. The zero-order chi connectivity index (χ0) is 14.3. The van der Waals surface area contributed by atoms with E-state index in [9.17, 15) is 9.59 Å². The Bertz CT molecular complexity index is 428. The second-order valence-corrected chi connectivity index (χ2v) is 4.38. The minimum Gasteiger partial charge on any atom is -0.481 e. The van der Waals surface area contributed by atoms with Crippen LogP contribution in [0.25, 0.3) is 0 Å². The summed E-state index contributed by atoms with van der Waals surface area (Å²) in [7, 11) is 1.44. The van der Waals surface area contributed by atoms with Crippen LogP contribution in [-0.2, 0) is 20.9 Å². The van der Waals surface area contributed by atoms with Crippen molar-refractivity contribution in [1.82, 2.24) is 4.90 Å². The summed E-state index contributed by atoms with van der Waals surface area (Å²) in [4.78, 5) is 23.9. The molecule has 0 bridgehead atoms. The van der Waals surface area contributed by atoms with Gasteiger partial charge in [0.25, 0.3) is 0 Å². The van der Waals surface area contributed by atoms with E-state index >= 15 is 0 Å². The maximum absolute atomic E-state index is 11.8. The molecule has 0 atom stereocenters. The lowest BCUT2D eigenvalue weighted by Crippen LogP contribution is -2.35. The summed E-state index contributed by atoms with van der Waals surface area (Å²) < 4.78 is 4.81. The normalized spacial score (nSPS) is 10.2. The van der Waals surface area contributed by atoms with Crippen LogP contribution in [0.5, 0.6) is 0 Å². The molecular weight excluding hydrogens is 246 g/mol. The van der Waals surface area contributed by atoms with Crippen molar-refractivity contribution in [3.05, 3.63) is 35.4 Å². The van der Waals surface area contributed by atoms with E-state index in [1.54, 1.807) is 0 Å². The van der Waals surface area contributed by atoms with Gasteiger partial charge in [-0.2, -0.15) is 0 Å². The van der Waals surface area contributed by atoms with Crippen LogP contribution in [0.2, 0.25) is 0 Å². The summed E-state index contributed by atoms with van der Waals surface area (Å²) >= 11 is 0. The molecule has 5 nitrogen and oxygen atoms in total. The predicted octanol–water partition coefficient (Wildman–Crippen LogP) is 1.44. The Morgan fingerprint density at radius 3 is 2.42 bits per heavy atom. The highest BCUT2D eigenvalue weighted by Crippen LogP contribution is 2.08. The zero-order valence-electron chi connectivity index (χ0n) is 11.3. The van der Waals surface area contributed by atoms with Gasteiger partial charge in [0.15, 0.2) is 0 Å². The molecule has 19 heavy (non-hydrogen) atoms. The molecule has 1 amide bonds. The number of carbonyl (C=O) groups excluding carboxylic acids is 1. The lowest BCUT2D eigenvalue weighted by molar-refractivity contribution is -0.140. The molecule has 104 valence electrons. The molecule has 0 aliphatic rings. The standard InChI is InChI=1S/C14H19NO4/c1-11-3-5-12(6-4-11)9-15(8-7-14(17)18)13(16)10-19-2/h3-6H,7-10H2,1-2H3,(H,17,18). The molecule has 0 spiro atoms. The topological polar surface area (TPSA) is 66.8 Å². The molecule has 0 unspecified atom stereocenters. The van der Waals surface area contributed by atoms with Crippen LogP contribution in [0.3, 0.4) is 0 Å². The molecule has 1 aromatic rings. The number of nitrogens with zero attached hydrogens (tertiary/aromatic N) is 1. The van der Waals surface area contributed by atoms with E-state index in [1.807, 2.05) is 31.2 Å². The molecule has 1 N–H and O–H groups in total. The highest BCUT2D eigenvalue weighted by atomic mass is 16.5. The van der Waals surface area contributed by atoms with Crippen molar-refractivity contribution < 1.29 is 19.4 Å². The molecule has 0 heterocycles. The molecule has 0 aliphatic carbocycles. The van der Waals surface area contributed by atoms with Crippen LogP contribution in [0.1, 0.15) is 17.5 Å². The van der Waals surface area contributed by atoms with Gasteiger partial charge in [-0.05, 0) is 12.5 Å². The van der Waals surface area contributed by atoms with Gasteiger partial charge in [-0.3, -0.25) is 9.59 Å². The number of carbonyl (C=O) groups is 2. The van der Waals surface area contributed by atoms with Gasteiger partial charge in [0, 0.05) is 20.2 Å². The van der Waals surface area contributed by atoms with Gasteiger partial charge in [0.05, 0.1) is 6.42 Å². The van der Waals surface area contributed by atoms with Crippen molar-refractivity contribution >= 4 is 11.9 Å². The van der Waals surface area contributed by atoms with Crippen molar-refractivity contribution in [2.45, 2.75) is 19.9 Å². The quantitative estimate of drug-likeness (QED) is 0.810. The first-order valence-corrected chi connectivity index (χ1v) is 6.07. The number of carboxylic acid groups (broad SMARTS) is 1. The van der Waals surface area contributed by atoms with Crippen molar-refractivity contribution in [1.29, 1.82) is 0 Å². The molecule has 5 heteroatoms. The number of hydrogen-bond donors (Lipinski definition) is 1. The van der Waals surface area contributed by atoms with Gasteiger partial charge in [0.2, 0.25) is 5.91 Å². The third-order valence-electron chi connectivity index (χ3n) is 2.71. The molecule has 0 fully saturated rings. The van der Waals surface area contributed by atoms with Crippen LogP contribution in [-0.4, -0.2) is 42.1 Å². The van der Waals surface area contributed by atoms with E-state index in [0.717, 1.165) is 11.1 Å². The first kappa shape index (κ1) is 15.2. The number of carboxylic acids is 1. The highest BCUT2D eigenvalue weighted by molar-refractivity contribution is 5.78. The minimum atomic E-state index is -0.917. The number of benzene rings is 1. The van der Waals surface area contributed by atoms with Gasteiger partial charge in [-0.1, -0.05) is 29.8 Å². The number of rotatable bonds is 7. The third-order valence-corrected chi connectivity index (χ3v) is 2.71. The van der Waals surface area contributed by atoms with Gasteiger partial charge >= 0.3 is 5.97 Å². The summed E-state index contributed by atoms with van der Waals surface area (Å²) in [6.45, 7) is 2.54. The van der Waals surface area contributed by atoms with Crippen LogP contribution >= 0.6 is 0 Å². The van der Waals surface area contributed by atoms with E-state index in [0.29, 0.717) is 6.54 Å². The van der Waals surface area contributed by atoms with Crippen LogP contribution in [0.4, 0.5) is 0 Å². The molecule has 1 rings (SSSR count). The van der Waals surface area contributed by atoms with Crippen molar-refractivity contribution in [3.63, 3.8) is 0 Å². The minimum absolute atomic E-state index is 0.0362. The molecule has 0 saturated carbocycles. The second-order valence-electron chi connectivity index (χ2n) is 4.38. The maximum Gasteiger partial charge on any atom is 0.305 e. The molecule has 0 aliphatic heterocycles. The van der Waals surface area contributed by atoms with E-state index in [-0.39, 0.29) is 25.5 Å². The van der Waals surface area contributed by atoms with Crippen molar-refractivity contribution in [3.8, 4) is 0 Å². The van der Waals surface area contributed by atoms with Gasteiger partial charge in [0.1, 0.15) is 6.61 Å². The van der Waals surface area contributed by atoms with Crippen LogP contribution in [0.15, 0.2) is 24.3 Å². The van der Waals surface area contributed by atoms with E-state index in [1.165, 1.54) is 12.0 Å². The number of hydrogen-bond acceptors (Lipinski definition) is 3. The Morgan fingerprint density at radius 2 is 1.89 bits per heavy atom. The fourth-order valence-corrected chi connectivity index (χ4v) is 1.65. The zero-order valence-corrected chi connectivity index (χ0v) is 11.3. The monoisotopic (exact) mass is 265 g/mol. The van der Waals surface area contributed by atoms with Gasteiger partial charge in [-0.25, -0.2) is 0 Å². The Labute approximate surface area is 112 Å². The number of aryl methyl sites for hydroxylation is 1. The van der Waals surface area contributed by atoms with Crippen LogP contribution < -0.4 is 0 Å².